The number of carbonyl (C=O) groups excluding carboxylic acids is 2. The molecule has 0 spiro atoms. The van der Waals surface area contributed by atoms with Gasteiger partial charge in [-0.05, 0) is 43.2 Å². The second kappa shape index (κ2) is 9.73. The summed E-state index contributed by atoms with van der Waals surface area (Å²) in [5.41, 5.74) is 2.06. The molecule has 3 aromatic rings. The number of hydrogen-bond acceptors (Lipinski definition) is 6. The molecule has 0 bridgehead atoms. The van der Waals surface area contributed by atoms with Crippen molar-refractivity contribution < 1.29 is 19.2 Å². The quantitative estimate of drug-likeness (QED) is 0.411. The third-order valence-electron chi connectivity index (χ3n) is 4.67. The first kappa shape index (κ1) is 22.5. The van der Waals surface area contributed by atoms with Crippen LogP contribution in [0.4, 0.5) is 11.4 Å². The number of amides is 2. The van der Waals surface area contributed by atoms with E-state index in [2.05, 4.69) is 15.7 Å². The third kappa shape index (κ3) is 5.09. The Hall–Kier alpha value is -4.21. The zero-order valence-corrected chi connectivity index (χ0v) is 17.9. The summed E-state index contributed by atoms with van der Waals surface area (Å²) in [5, 5.41) is 20.6. The van der Waals surface area contributed by atoms with E-state index in [-0.39, 0.29) is 23.7 Å². The maximum atomic E-state index is 12.8. The second-order valence-corrected chi connectivity index (χ2v) is 7.00. The van der Waals surface area contributed by atoms with Crippen molar-refractivity contribution in [3.63, 3.8) is 0 Å². The van der Waals surface area contributed by atoms with Crippen LogP contribution in [0.25, 0.3) is 0 Å². The van der Waals surface area contributed by atoms with Gasteiger partial charge in [-0.2, -0.15) is 5.10 Å². The fraction of sp³-hybridized carbons (Fsp3) is 0.227. The van der Waals surface area contributed by atoms with Gasteiger partial charge in [-0.1, -0.05) is 18.2 Å². The van der Waals surface area contributed by atoms with Gasteiger partial charge < -0.3 is 15.4 Å². The van der Waals surface area contributed by atoms with E-state index in [9.17, 15) is 19.7 Å². The fourth-order valence-corrected chi connectivity index (χ4v) is 3.01. The number of aryl methyl sites for hydroxylation is 2. The van der Waals surface area contributed by atoms with Crippen molar-refractivity contribution >= 4 is 23.2 Å². The van der Waals surface area contributed by atoms with Crippen molar-refractivity contribution in [2.45, 2.75) is 27.0 Å². The molecule has 10 heteroatoms. The Balaban J connectivity index is 1.76. The summed E-state index contributed by atoms with van der Waals surface area (Å²) in [6.07, 6.45) is 1.59. The number of nitrogens with zero attached hydrogens (tertiary/aromatic N) is 3. The second-order valence-electron chi connectivity index (χ2n) is 7.00. The lowest BCUT2D eigenvalue weighted by molar-refractivity contribution is -0.386. The van der Waals surface area contributed by atoms with Crippen molar-refractivity contribution in [2.75, 3.05) is 12.4 Å². The summed E-state index contributed by atoms with van der Waals surface area (Å²) < 4.78 is 7.19. The van der Waals surface area contributed by atoms with E-state index in [1.165, 1.54) is 13.1 Å². The highest BCUT2D eigenvalue weighted by atomic mass is 16.6. The van der Waals surface area contributed by atoms with E-state index < -0.39 is 16.7 Å². The van der Waals surface area contributed by atoms with Crippen molar-refractivity contribution in [3.05, 3.63) is 81.2 Å². The molecule has 2 N–H and O–H groups in total. The summed E-state index contributed by atoms with van der Waals surface area (Å²) >= 11 is 0. The molecule has 0 saturated carbocycles. The summed E-state index contributed by atoms with van der Waals surface area (Å²) in [6.45, 7) is 4.22. The monoisotopic (exact) mass is 437 g/mol. The largest absolute Gasteiger partial charge is 0.482 e. The molecule has 0 atom stereocenters. The Morgan fingerprint density at radius 1 is 1.19 bits per heavy atom. The number of carbonyl (C=O) groups is 2. The van der Waals surface area contributed by atoms with Crippen LogP contribution in [0.15, 0.2) is 48.7 Å². The first-order valence-electron chi connectivity index (χ1n) is 9.90. The molecule has 166 valence electrons. The van der Waals surface area contributed by atoms with Crippen molar-refractivity contribution in [1.29, 1.82) is 0 Å². The topological polar surface area (TPSA) is 128 Å². The van der Waals surface area contributed by atoms with Gasteiger partial charge in [0.25, 0.3) is 11.8 Å². The Bertz CT molecular complexity index is 1170. The maximum Gasteiger partial charge on any atom is 0.311 e. The summed E-state index contributed by atoms with van der Waals surface area (Å²) in [4.78, 5) is 35.6. The molecule has 0 fully saturated rings. The van der Waals surface area contributed by atoms with Gasteiger partial charge in [0.05, 0.1) is 10.6 Å². The van der Waals surface area contributed by atoms with Crippen molar-refractivity contribution in [2.24, 2.45) is 0 Å². The highest BCUT2D eigenvalue weighted by molar-refractivity contribution is 6.08. The minimum absolute atomic E-state index is 0.0439. The van der Waals surface area contributed by atoms with Crippen molar-refractivity contribution in [1.82, 2.24) is 15.1 Å². The molecule has 1 aromatic heterocycles. The van der Waals surface area contributed by atoms with Gasteiger partial charge >= 0.3 is 5.69 Å². The molecule has 1 heterocycles. The zero-order chi connectivity index (χ0) is 23.3. The third-order valence-corrected chi connectivity index (χ3v) is 4.67. The lowest BCUT2D eigenvalue weighted by Gasteiger charge is -2.09. The Morgan fingerprint density at radius 3 is 2.66 bits per heavy atom. The lowest BCUT2D eigenvalue weighted by atomic mass is 10.1. The molecule has 0 aliphatic carbocycles. The van der Waals surface area contributed by atoms with Gasteiger partial charge in [0.1, 0.15) is 6.61 Å². The van der Waals surface area contributed by atoms with Crippen LogP contribution in [0.2, 0.25) is 0 Å². The normalized spacial score (nSPS) is 10.5. The number of hydrogen-bond donors (Lipinski definition) is 2. The average Bonchev–Trinajstić information content (AvgIpc) is 3.20. The van der Waals surface area contributed by atoms with Crippen LogP contribution >= 0.6 is 0 Å². The highest BCUT2D eigenvalue weighted by Crippen LogP contribution is 2.28. The van der Waals surface area contributed by atoms with Crippen LogP contribution in [0, 0.1) is 17.0 Å². The molecule has 0 saturated heterocycles. The molecule has 10 nitrogen and oxygen atoms in total. The molecular weight excluding hydrogens is 414 g/mol. The van der Waals surface area contributed by atoms with Gasteiger partial charge in [-0.3, -0.25) is 24.4 Å². The van der Waals surface area contributed by atoms with Gasteiger partial charge in [0.15, 0.2) is 11.4 Å². The van der Waals surface area contributed by atoms with Crippen LogP contribution in [0.5, 0.6) is 5.75 Å². The zero-order valence-electron chi connectivity index (χ0n) is 17.9. The number of ether oxygens (including phenoxy) is 1. The van der Waals surface area contributed by atoms with Crippen LogP contribution in [-0.2, 0) is 13.2 Å². The number of benzene rings is 2. The molecule has 0 aliphatic heterocycles. The van der Waals surface area contributed by atoms with Gasteiger partial charge in [-0.15, -0.1) is 0 Å². The molecular formula is C22H23N5O5. The number of anilines is 1. The van der Waals surface area contributed by atoms with E-state index in [0.29, 0.717) is 23.4 Å². The minimum Gasteiger partial charge on any atom is -0.482 e. The minimum atomic E-state index is -0.493. The van der Waals surface area contributed by atoms with E-state index in [4.69, 9.17) is 4.74 Å². The van der Waals surface area contributed by atoms with Gasteiger partial charge in [0.2, 0.25) is 0 Å². The fourth-order valence-electron chi connectivity index (χ4n) is 3.01. The predicted molar refractivity (Wildman–Crippen MR) is 118 cm³/mol. The Labute approximate surface area is 184 Å². The smallest absolute Gasteiger partial charge is 0.311 e. The summed E-state index contributed by atoms with van der Waals surface area (Å²) in [5.74, 6) is -0.680. The maximum absolute atomic E-state index is 12.8. The van der Waals surface area contributed by atoms with E-state index >= 15 is 0 Å². The summed E-state index contributed by atoms with van der Waals surface area (Å²) in [6, 6.07) is 11.4. The highest BCUT2D eigenvalue weighted by Gasteiger charge is 2.19. The molecule has 3 rings (SSSR count). The van der Waals surface area contributed by atoms with Crippen LogP contribution in [0.1, 0.15) is 38.9 Å². The van der Waals surface area contributed by atoms with E-state index in [0.717, 1.165) is 5.56 Å². The van der Waals surface area contributed by atoms with E-state index in [1.54, 1.807) is 54.2 Å². The van der Waals surface area contributed by atoms with Crippen molar-refractivity contribution in [3.8, 4) is 5.75 Å². The molecule has 0 unspecified atom stereocenters. The standard InChI is InChI=1S/C22H23N5O5/c1-4-26-12-17(20(25-26)22(29)23-3)24-21(28)16-7-5-6-15(11-16)13-32-19-9-8-14(2)10-18(19)27(30)31/h5-12H,4,13H2,1-3H3,(H,23,29)(H,24,28). The van der Waals surface area contributed by atoms with Crippen LogP contribution < -0.4 is 15.4 Å². The molecule has 2 amide bonds. The molecule has 0 radical (unpaired) electrons. The predicted octanol–water partition coefficient (Wildman–Crippen LogP) is 3.31. The number of nitro benzene ring substituents is 1. The van der Waals surface area contributed by atoms with E-state index in [1.807, 2.05) is 6.92 Å². The first-order chi connectivity index (χ1) is 15.3. The molecule has 32 heavy (non-hydrogen) atoms. The Kier molecular flexibility index (Phi) is 6.83. The van der Waals surface area contributed by atoms with Crippen LogP contribution in [0.3, 0.4) is 0 Å². The van der Waals surface area contributed by atoms with Crippen LogP contribution in [-0.4, -0.2) is 33.6 Å². The Morgan fingerprint density at radius 2 is 1.97 bits per heavy atom. The van der Waals surface area contributed by atoms with Gasteiger partial charge in [0, 0.05) is 31.4 Å². The number of aromatic nitrogens is 2. The molecule has 2 aromatic carbocycles. The lowest BCUT2D eigenvalue weighted by Crippen LogP contribution is -2.21. The molecule has 0 aliphatic rings. The first-order valence-corrected chi connectivity index (χ1v) is 9.90. The average molecular weight is 437 g/mol. The number of nitrogens with one attached hydrogen (secondary N) is 2. The SMILES string of the molecule is CCn1cc(NC(=O)c2cccc(COc3ccc(C)cc3[N+](=O)[O-])c2)c(C(=O)NC)n1. The van der Waals surface area contributed by atoms with Gasteiger partial charge in [-0.25, -0.2) is 0 Å². The summed E-state index contributed by atoms with van der Waals surface area (Å²) in [7, 11) is 1.49. The number of nitro groups is 1. The number of rotatable bonds is 8.